The van der Waals surface area contributed by atoms with Crippen LogP contribution in [-0.2, 0) is 4.79 Å². The van der Waals surface area contributed by atoms with E-state index in [1.165, 1.54) is 44.5 Å². The Bertz CT molecular complexity index is 1720. The average Bonchev–Trinajstić information content (AvgIpc) is 2.98. The van der Waals surface area contributed by atoms with Gasteiger partial charge in [0.2, 0.25) is 0 Å². The molecule has 4 aromatic carbocycles. The molecule has 4 rings (SSSR count). The van der Waals surface area contributed by atoms with Gasteiger partial charge in [-0.05, 0) is 78.9 Å². The van der Waals surface area contributed by atoms with Gasteiger partial charge in [-0.15, -0.1) is 0 Å². The first kappa shape index (κ1) is 31.1. The summed E-state index contributed by atoms with van der Waals surface area (Å²) in [4.78, 5) is 49.5. The molecule has 2 amide bonds. The maximum atomic E-state index is 12.8. The molecule has 4 aromatic rings. The molecule has 0 spiro atoms. The van der Waals surface area contributed by atoms with Crippen LogP contribution in [0.25, 0.3) is 0 Å². The van der Waals surface area contributed by atoms with Gasteiger partial charge in [0, 0.05) is 38.2 Å². The lowest BCUT2D eigenvalue weighted by molar-refractivity contribution is -0.132. The molecule has 0 heterocycles. The molecule has 12 heteroatoms. The van der Waals surface area contributed by atoms with Crippen molar-refractivity contribution in [1.29, 1.82) is 0 Å². The number of halogens is 2. The number of benzene rings is 4. The predicted octanol–water partition coefficient (Wildman–Crippen LogP) is 6.38. The molecule has 0 fully saturated rings. The van der Waals surface area contributed by atoms with Crippen LogP contribution >= 0.6 is 31.9 Å². The van der Waals surface area contributed by atoms with E-state index in [9.17, 15) is 19.2 Å². The minimum absolute atomic E-state index is 0.184. The summed E-state index contributed by atoms with van der Waals surface area (Å²) in [5.74, 6) is -1.44. The topological polar surface area (TPSA) is 132 Å². The molecule has 0 saturated carbocycles. The SMILES string of the molecule is COc1cc(C(=O)Nc2cccc(C(=O)NN=Cc3cc(Br)ccc3OC(=O)c3ccc(Br)cc3)c2)ccc1OC(C)=O. The fourth-order valence-electron chi connectivity index (χ4n) is 3.67. The number of esters is 2. The second-order valence-corrected chi connectivity index (χ2v) is 10.6. The van der Waals surface area contributed by atoms with E-state index in [2.05, 4.69) is 47.7 Å². The summed E-state index contributed by atoms with van der Waals surface area (Å²) in [5.41, 5.74) is 4.08. The van der Waals surface area contributed by atoms with Gasteiger partial charge >= 0.3 is 11.9 Å². The van der Waals surface area contributed by atoms with Gasteiger partial charge in [0.25, 0.3) is 11.8 Å². The largest absolute Gasteiger partial charge is 0.493 e. The highest BCUT2D eigenvalue weighted by atomic mass is 79.9. The molecule has 0 bridgehead atoms. The Hall–Kier alpha value is -4.81. The van der Waals surface area contributed by atoms with Gasteiger partial charge in [0.1, 0.15) is 5.75 Å². The minimum atomic E-state index is -0.550. The van der Waals surface area contributed by atoms with Crippen LogP contribution in [-0.4, -0.2) is 37.1 Å². The Morgan fingerprint density at radius 3 is 2.12 bits per heavy atom. The number of rotatable bonds is 9. The monoisotopic (exact) mass is 707 g/mol. The number of hydrogen-bond acceptors (Lipinski definition) is 8. The third-order valence-electron chi connectivity index (χ3n) is 5.69. The van der Waals surface area contributed by atoms with Gasteiger partial charge in [0.05, 0.1) is 18.9 Å². The van der Waals surface area contributed by atoms with Gasteiger partial charge in [-0.1, -0.05) is 37.9 Å². The number of nitrogens with zero attached hydrogens (tertiary/aromatic N) is 1. The van der Waals surface area contributed by atoms with Crippen LogP contribution in [0.3, 0.4) is 0 Å². The first-order valence-electron chi connectivity index (χ1n) is 12.5. The van der Waals surface area contributed by atoms with Crippen molar-refractivity contribution in [1.82, 2.24) is 5.43 Å². The van der Waals surface area contributed by atoms with E-state index in [-0.39, 0.29) is 28.4 Å². The number of carbonyl (C=O) groups is 4. The Morgan fingerprint density at radius 1 is 0.721 bits per heavy atom. The first-order valence-corrected chi connectivity index (χ1v) is 14.1. The molecule has 0 saturated heterocycles. The van der Waals surface area contributed by atoms with Gasteiger partial charge in [0.15, 0.2) is 11.5 Å². The van der Waals surface area contributed by atoms with Crippen molar-refractivity contribution in [3.63, 3.8) is 0 Å². The van der Waals surface area contributed by atoms with E-state index in [1.807, 2.05) is 0 Å². The summed E-state index contributed by atoms with van der Waals surface area (Å²) >= 11 is 6.71. The molecule has 0 aliphatic carbocycles. The van der Waals surface area contributed by atoms with Crippen LogP contribution < -0.4 is 25.0 Å². The fraction of sp³-hybridized carbons (Fsp3) is 0.0645. The summed E-state index contributed by atoms with van der Waals surface area (Å²) in [7, 11) is 1.39. The van der Waals surface area contributed by atoms with Crippen molar-refractivity contribution in [2.24, 2.45) is 5.10 Å². The highest BCUT2D eigenvalue weighted by molar-refractivity contribution is 9.10. The zero-order valence-electron chi connectivity index (χ0n) is 22.7. The number of nitrogens with one attached hydrogen (secondary N) is 2. The van der Waals surface area contributed by atoms with Crippen molar-refractivity contribution < 1.29 is 33.4 Å². The third kappa shape index (κ3) is 8.60. The summed E-state index contributed by atoms with van der Waals surface area (Å²) in [6.45, 7) is 1.26. The standard InChI is InChI=1S/C31H23Br2N3O7/c1-18(37)42-27-12-8-21(16-28(27)41-2)29(38)35-25-5-3-4-20(15-25)30(39)36-34-17-22-14-24(33)11-13-26(22)43-31(40)19-6-9-23(32)10-7-19/h3-17H,1-2H3,(H,35,38)(H,36,39). The molecule has 2 N–H and O–H groups in total. The molecule has 43 heavy (non-hydrogen) atoms. The zero-order valence-corrected chi connectivity index (χ0v) is 25.9. The van der Waals surface area contributed by atoms with Gasteiger partial charge in [-0.25, -0.2) is 10.2 Å². The van der Waals surface area contributed by atoms with Crippen molar-refractivity contribution >= 4 is 67.5 Å². The first-order chi connectivity index (χ1) is 20.6. The van der Waals surface area contributed by atoms with Crippen molar-refractivity contribution in [3.8, 4) is 17.2 Å². The molecule has 0 atom stereocenters. The Labute approximate surface area is 263 Å². The van der Waals surface area contributed by atoms with Gasteiger partial charge in [-0.2, -0.15) is 5.10 Å². The van der Waals surface area contributed by atoms with Crippen molar-refractivity contribution in [2.45, 2.75) is 6.92 Å². The molecule has 10 nitrogen and oxygen atoms in total. The molecule has 0 aliphatic rings. The maximum Gasteiger partial charge on any atom is 0.343 e. The Balaban J connectivity index is 1.42. The van der Waals surface area contributed by atoms with Crippen LogP contribution in [0.2, 0.25) is 0 Å². The number of ether oxygens (including phenoxy) is 3. The van der Waals surface area contributed by atoms with E-state index in [1.54, 1.807) is 60.7 Å². The number of carbonyl (C=O) groups excluding carboxylic acids is 4. The minimum Gasteiger partial charge on any atom is -0.493 e. The lowest BCUT2D eigenvalue weighted by Gasteiger charge is -2.11. The van der Waals surface area contributed by atoms with E-state index in [0.717, 1.165) is 4.47 Å². The highest BCUT2D eigenvalue weighted by Crippen LogP contribution is 2.29. The molecule has 0 aliphatic heterocycles. The van der Waals surface area contributed by atoms with Crippen LogP contribution in [0, 0.1) is 0 Å². The van der Waals surface area contributed by atoms with Crippen molar-refractivity contribution in [3.05, 3.63) is 116 Å². The Kier molecular flexibility index (Phi) is 10.4. The van der Waals surface area contributed by atoms with E-state index in [4.69, 9.17) is 14.2 Å². The van der Waals surface area contributed by atoms with Gasteiger partial charge < -0.3 is 19.5 Å². The highest BCUT2D eigenvalue weighted by Gasteiger charge is 2.15. The fourth-order valence-corrected chi connectivity index (χ4v) is 4.32. The molecular weight excluding hydrogens is 686 g/mol. The van der Waals surface area contributed by atoms with E-state index >= 15 is 0 Å². The normalized spacial score (nSPS) is 10.6. The molecular formula is C31H23Br2N3O7. The summed E-state index contributed by atoms with van der Waals surface area (Å²) in [5, 5.41) is 6.74. The Morgan fingerprint density at radius 2 is 1.40 bits per heavy atom. The zero-order chi connectivity index (χ0) is 30.9. The van der Waals surface area contributed by atoms with Gasteiger partial charge in [-0.3, -0.25) is 14.4 Å². The molecule has 0 aromatic heterocycles. The lowest BCUT2D eigenvalue weighted by Crippen LogP contribution is -2.18. The summed E-state index contributed by atoms with van der Waals surface area (Å²) in [6, 6.07) is 22.4. The maximum absolute atomic E-state index is 12.8. The van der Waals surface area contributed by atoms with Crippen LogP contribution in [0.4, 0.5) is 5.69 Å². The second-order valence-electron chi connectivity index (χ2n) is 8.77. The van der Waals surface area contributed by atoms with Crippen LogP contribution in [0.15, 0.2) is 99.0 Å². The number of anilines is 1. The second kappa shape index (κ2) is 14.4. The third-order valence-corrected chi connectivity index (χ3v) is 6.71. The van der Waals surface area contributed by atoms with Crippen LogP contribution in [0.5, 0.6) is 17.2 Å². The molecule has 0 radical (unpaired) electrons. The summed E-state index contributed by atoms with van der Waals surface area (Å²) in [6.07, 6.45) is 1.35. The van der Waals surface area contributed by atoms with E-state index in [0.29, 0.717) is 21.3 Å². The molecule has 0 unspecified atom stereocenters. The molecule has 218 valence electrons. The quantitative estimate of drug-likeness (QED) is 0.0893. The van der Waals surface area contributed by atoms with Crippen molar-refractivity contribution in [2.75, 3.05) is 12.4 Å². The smallest absolute Gasteiger partial charge is 0.343 e. The number of methoxy groups -OCH3 is 1. The average molecular weight is 709 g/mol. The number of hydrazone groups is 1. The van der Waals surface area contributed by atoms with Crippen LogP contribution in [0.1, 0.15) is 43.6 Å². The van der Waals surface area contributed by atoms with E-state index < -0.39 is 23.8 Å². The number of hydrogen-bond donors (Lipinski definition) is 2. The summed E-state index contributed by atoms with van der Waals surface area (Å²) < 4.78 is 17.4. The number of amides is 2. The lowest BCUT2D eigenvalue weighted by atomic mass is 10.1. The predicted molar refractivity (Wildman–Crippen MR) is 167 cm³/mol.